The van der Waals surface area contributed by atoms with E-state index in [1.807, 2.05) is 0 Å². The summed E-state index contributed by atoms with van der Waals surface area (Å²) in [5.41, 5.74) is 17.7. The molecule has 4 aromatic carbocycles. The van der Waals surface area contributed by atoms with Gasteiger partial charge in [-0.25, -0.2) is 0 Å². The van der Waals surface area contributed by atoms with Gasteiger partial charge in [-0.05, 0) is 101 Å². The Morgan fingerprint density at radius 3 is 1.69 bits per heavy atom. The second-order valence-corrected chi connectivity index (χ2v) is 10.5. The minimum absolute atomic E-state index is 0.510. The number of hydrogen-bond acceptors (Lipinski definition) is 0. The second kappa shape index (κ2) is 9.43. The summed E-state index contributed by atoms with van der Waals surface area (Å²) in [4.78, 5) is 0. The van der Waals surface area contributed by atoms with E-state index in [1.165, 1.54) is 44.5 Å². The van der Waals surface area contributed by atoms with Gasteiger partial charge in [-0.3, -0.25) is 0 Å². The molecule has 4 aromatic rings. The number of fused-ring (bicyclic) bond motifs is 2. The van der Waals surface area contributed by atoms with Gasteiger partial charge in [-0.1, -0.05) is 115 Å². The molecule has 1 unspecified atom stereocenters. The molecule has 36 heavy (non-hydrogen) atoms. The summed E-state index contributed by atoms with van der Waals surface area (Å²) in [6.45, 7) is 7.10. The molecule has 0 nitrogen and oxygen atoms in total. The standard InChI is InChI=1S/C36H34/c1-4-26(34-25(3)22-30-18-12-20-32(36(30)34)28-15-9-6-10-16-28)23-33-24(2)21-29-17-11-19-31(35(29)33)27-13-7-5-8-14-27/h5-20,26H,4,21-23H2,1-3H3. The highest BCUT2D eigenvalue weighted by Gasteiger charge is 2.31. The molecule has 2 aliphatic carbocycles. The Balaban J connectivity index is 1.43. The maximum Gasteiger partial charge on any atom is -0.00575 e. The first-order chi connectivity index (χ1) is 17.7. The molecule has 0 aliphatic heterocycles. The van der Waals surface area contributed by atoms with Crippen LogP contribution in [0.1, 0.15) is 55.9 Å². The molecule has 0 saturated carbocycles. The summed E-state index contributed by atoms with van der Waals surface area (Å²) in [6.07, 6.45) is 4.40. The van der Waals surface area contributed by atoms with Crippen LogP contribution >= 0.6 is 0 Å². The Morgan fingerprint density at radius 1 is 0.583 bits per heavy atom. The highest BCUT2D eigenvalue weighted by molar-refractivity contribution is 5.91. The lowest BCUT2D eigenvalue weighted by atomic mass is 9.80. The van der Waals surface area contributed by atoms with Crippen LogP contribution in [-0.2, 0) is 12.8 Å². The van der Waals surface area contributed by atoms with Gasteiger partial charge in [-0.2, -0.15) is 0 Å². The van der Waals surface area contributed by atoms with Crippen molar-refractivity contribution >= 4 is 11.1 Å². The monoisotopic (exact) mass is 466 g/mol. The van der Waals surface area contributed by atoms with Gasteiger partial charge in [-0.15, -0.1) is 0 Å². The quantitative estimate of drug-likeness (QED) is 0.265. The molecular weight excluding hydrogens is 432 g/mol. The van der Waals surface area contributed by atoms with Crippen LogP contribution < -0.4 is 0 Å². The predicted octanol–water partition coefficient (Wildman–Crippen LogP) is 9.80. The first-order valence-corrected chi connectivity index (χ1v) is 13.4. The molecule has 0 bridgehead atoms. The maximum absolute atomic E-state index is 2.38. The van der Waals surface area contributed by atoms with Gasteiger partial charge in [0.1, 0.15) is 0 Å². The van der Waals surface area contributed by atoms with Crippen molar-refractivity contribution in [2.75, 3.05) is 0 Å². The van der Waals surface area contributed by atoms with E-state index in [2.05, 4.69) is 118 Å². The lowest BCUT2D eigenvalue weighted by Gasteiger charge is -2.24. The fourth-order valence-electron chi connectivity index (χ4n) is 6.61. The molecular formula is C36H34. The van der Waals surface area contributed by atoms with Gasteiger partial charge in [0.15, 0.2) is 0 Å². The lowest BCUT2D eigenvalue weighted by molar-refractivity contribution is 0.662. The average Bonchev–Trinajstić information content (AvgIpc) is 3.43. The third-order valence-electron chi connectivity index (χ3n) is 8.28. The molecule has 0 heteroatoms. The van der Waals surface area contributed by atoms with E-state index in [0.717, 1.165) is 25.7 Å². The molecule has 0 N–H and O–H groups in total. The molecule has 0 heterocycles. The van der Waals surface area contributed by atoms with E-state index in [4.69, 9.17) is 0 Å². The lowest BCUT2D eigenvalue weighted by Crippen LogP contribution is -2.06. The van der Waals surface area contributed by atoms with E-state index in [9.17, 15) is 0 Å². The van der Waals surface area contributed by atoms with Crippen LogP contribution in [0.3, 0.4) is 0 Å². The molecule has 0 saturated heterocycles. The Labute approximate surface area is 216 Å². The van der Waals surface area contributed by atoms with Crippen molar-refractivity contribution in [1.82, 2.24) is 0 Å². The molecule has 0 aromatic heterocycles. The highest BCUT2D eigenvalue weighted by Crippen LogP contribution is 2.49. The number of benzene rings is 4. The van der Waals surface area contributed by atoms with E-state index in [-0.39, 0.29) is 0 Å². The summed E-state index contributed by atoms with van der Waals surface area (Å²) in [5, 5.41) is 0. The third kappa shape index (κ3) is 3.86. The first kappa shape index (κ1) is 22.8. The Morgan fingerprint density at radius 2 is 1.11 bits per heavy atom. The summed E-state index contributed by atoms with van der Waals surface area (Å²) in [6, 6.07) is 35.7. The number of hydrogen-bond donors (Lipinski definition) is 0. The van der Waals surface area contributed by atoms with E-state index >= 15 is 0 Å². The Bertz CT molecular complexity index is 1480. The van der Waals surface area contributed by atoms with Crippen LogP contribution in [0, 0.1) is 5.92 Å². The molecule has 0 radical (unpaired) electrons. The zero-order valence-electron chi connectivity index (χ0n) is 21.6. The van der Waals surface area contributed by atoms with Crippen molar-refractivity contribution in [3.63, 3.8) is 0 Å². The van der Waals surface area contributed by atoms with Crippen LogP contribution in [0.5, 0.6) is 0 Å². The van der Waals surface area contributed by atoms with Gasteiger partial charge in [0.05, 0.1) is 0 Å². The highest BCUT2D eigenvalue weighted by atomic mass is 14.3. The topological polar surface area (TPSA) is 0 Å². The summed E-state index contributed by atoms with van der Waals surface area (Å²) in [7, 11) is 0. The van der Waals surface area contributed by atoms with Gasteiger partial charge in [0.2, 0.25) is 0 Å². The van der Waals surface area contributed by atoms with Crippen molar-refractivity contribution in [2.24, 2.45) is 5.92 Å². The minimum atomic E-state index is 0.510. The molecule has 0 amide bonds. The number of allylic oxidation sites excluding steroid dienone is 4. The second-order valence-electron chi connectivity index (χ2n) is 10.5. The van der Waals surface area contributed by atoms with Gasteiger partial charge in [0, 0.05) is 0 Å². The maximum atomic E-state index is 2.38. The van der Waals surface area contributed by atoms with Crippen molar-refractivity contribution < 1.29 is 0 Å². The van der Waals surface area contributed by atoms with Crippen molar-refractivity contribution in [1.29, 1.82) is 0 Å². The zero-order chi connectivity index (χ0) is 24.6. The zero-order valence-corrected chi connectivity index (χ0v) is 21.6. The van der Waals surface area contributed by atoms with Gasteiger partial charge < -0.3 is 0 Å². The predicted molar refractivity (Wildman–Crippen MR) is 155 cm³/mol. The van der Waals surface area contributed by atoms with Crippen molar-refractivity contribution in [3.05, 3.63) is 130 Å². The summed E-state index contributed by atoms with van der Waals surface area (Å²) < 4.78 is 0. The smallest absolute Gasteiger partial charge is 0.00575 e. The Kier molecular flexibility index (Phi) is 5.97. The van der Waals surface area contributed by atoms with E-state index in [0.29, 0.717) is 5.92 Å². The van der Waals surface area contributed by atoms with Crippen LogP contribution in [0.15, 0.2) is 108 Å². The molecule has 0 spiro atoms. The summed E-state index contributed by atoms with van der Waals surface area (Å²) >= 11 is 0. The minimum Gasteiger partial charge on any atom is -0.0651 e. The summed E-state index contributed by atoms with van der Waals surface area (Å²) in [5.74, 6) is 0.510. The number of rotatable bonds is 6. The molecule has 0 fully saturated rings. The van der Waals surface area contributed by atoms with E-state index in [1.54, 1.807) is 22.3 Å². The Hall–Kier alpha value is -3.64. The van der Waals surface area contributed by atoms with Crippen LogP contribution in [0.25, 0.3) is 33.4 Å². The molecule has 2 aliphatic rings. The van der Waals surface area contributed by atoms with Crippen molar-refractivity contribution in [3.8, 4) is 22.3 Å². The molecule has 1 atom stereocenters. The largest absolute Gasteiger partial charge is 0.0651 e. The van der Waals surface area contributed by atoms with Crippen molar-refractivity contribution in [2.45, 2.75) is 46.5 Å². The molecule has 178 valence electrons. The molecule has 6 rings (SSSR count). The SMILES string of the molecule is CCC(CC1=C(C)Cc2cccc(-c3ccccc3)c21)C1=C(C)Cc2cccc(-c3ccccc3)c21. The third-order valence-corrected chi connectivity index (χ3v) is 8.28. The van der Waals surface area contributed by atoms with Crippen LogP contribution in [0.4, 0.5) is 0 Å². The average molecular weight is 467 g/mol. The fourth-order valence-corrected chi connectivity index (χ4v) is 6.61. The van der Waals surface area contributed by atoms with Gasteiger partial charge in [0.25, 0.3) is 0 Å². The fraction of sp³-hybridized carbons (Fsp3) is 0.222. The van der Waals surface area contributed by atoms with Crippen LogP contribution in [0.2, 0.25) is 0 Å². The van der Waals surface area contributed by atoms with Gasteiger partial charge >= 0.3 is 0 Å². The first-order valence-electron chi connectivity index (χ1n) is 13.4. The normalized spacial score (nSPS) is 15.3. The van der Waals surface area contributed by atoms with E-state index < -0.39 is 0 Å². The van der Waals surface area contributed by atoms with Crippen LogP contribution in [-0.4, -0.2) is 0 Å².